The Morgan fingerprint density at radius 1 is 1.40 bits per heavy atom. The lowest BCUT2D eigenvalue weighted by Gasteiger charge is -2.02. The van der Waals surface area contributed by atoms with Crippen molar-refractivity contribution in [3.05, 3.63) is 27.7 Å². The summed E-state index contributed by atoms with van der Waals surface area (Å²) in [5.74, 6) is -0.0735. The first kappa shape index (κ1) is 12.1. The van der Waals surface area contributed by atoms with Crippen molar-refractivity contribution in [2.45, 2.75) is 0 Å². The number of benzene rings is 1. The molecule has 0 aliphatic carbocycles. The number of aliphatic hydroxyl groups excluding tert-OH is 1. The van der Waals surface area contributed by atoms with Crippen LogP contribution in [0.1, 0.15) is 5.56 Å². The highest BCUT2D eigenvalue weighted by Gasteiger charge is 2.05. The summed E-state index contributed by atoms with van der Waals surface area (Å²) in [5, 5.41) is 22.4. The van der Waals surface area contributed by atoms with Crippen LogP contribution in [0.25, 0.3) is 0 Å². The van der Waals surface area contributed by atoms with Gasteiger partial charge in [-0.2, -0.15) is 5.10 Å². The van der Waals surface area contributed by atoms with Crippen LogP contribution in [0.5, 0.6) is 5.75 Å². The van der Waals surface area contributed by atoms with Crippen LogP contribution in [-0.4, -0.2) is 29.6 Å². The molecule has 0 radical (unpaired) electrons. The molecule has 0 spiro atoms. The maximum atomic E-state index is 9.52. The summed E-state index contributed by atoms with van der Waals surface area (Å²) in [4.78, 5) is 0. The second-order valence-corrected chi connectivity index (χ2v) is 3.56. The maximum Gasteiger partial charge on any atom is 0.143 e. The molecule has 6 heteroatoms. The van der Waals surface area contributed by atoms with Gasteiger partial charge in [-0.3, -0.25) is 0 Å². The highest BCUT2D eigenvalue weighted by atomic mass is 35.5. The lowest BCUT2D eigenvalue weighted by atomic mass is 10.2. The average Bonchev–Trinajstić information content (AvgIpc) is 2.19. The third-order valence-electron chi connectivity index (χ3n) is 1.58. The van der Waals surface area contributed by atoms with Gasteiger partial charge in [-0.1, -0.05) is 23.2 Å². The normalized spacial score (nSPS) is 10.9. The molecule has 82 valence electrons. The largest absolute Gasteiger partial charge is 0.506 e. The topological polar surface area (TPSA) is 64.8 Å². The first-order valence-electron chi connectivity index (χ1n) is 4.20. The van der Waals surface area contributed by atoms with Crippen molar-refractivity contribution in [2.75, 3.05) is 13.2 Å². The molecular formula is C9H10Cl2N2O2. The molecule has 15 heavy (non-hydrogen) atoms. The van der Waals surface area contributed by atoms with E-state index in [2.05, 4.69) is 10.5 Å². The Balaban J connectivity index is 2.80. The van der Waals surface area contributed by atoms with E-state index < -0.39 is 0 Å². The van der Waals surface area contributed by atoms with Crippen molar-refractivity contribution in [3.63, 3.8) is 0 Å². The van der Waals surface area contributed by atoms with Gasteiger partial charge in [-0.05, 0) is 12.1 Å². The standard InChI is InChI=1S/C9H10Cl2N2O2/c10-7-3-6(5-13-12-1-2-14)9(15)8(11)4-7/h3-5,12,14-15H,1-2H2/b13-5-. The van der Waals surface area contributed by atoms with Gasteiger partial charge >= 0.3 is 0 Å². The van der Waals surface area contributed by atoms with Crippen LogP contribution in [0.3, 0.4) is 0 Å². The molecule has 0 fully saturated rings. The number of phenolic OH excluding ortho intramolecular Hbond substituents is 1. The van der Waals surface area contributed by atoms with E-state index in [4.69, 9.17) is 28.3 Å². The Kier molecular flexibility index (Phi) is 4.68. The number of hydrogen-bond donors (Lipinski definition) is 3. The van der Waals surface area contributed by atoms with Gasteiger partial charge in [0.25, 0.3) is 0 Å². The highest BCUT2D eigenvalue weighted by Crippen LogP contribution is 2.29. The predicted molar refractivity (Wildman–Crippen MR) is 60.8 cm³/mol. The fourth-order valence-corrected chi connectivity index (χ4v) is 1.42. The molecule has 1 rings (SSSR count). The van der Waals surface area contributed by atoms with E-state index in [9.17, 15) is 5.11 Å². The molecule has 0 saturated heterocycles. The van der Waals surface area contributed by atoms with E-state index in [1.54, 1.807) is 0 Å². The number of nitrogens with one attached hydrogen (secondary N) is 1. The number of halogens is 2. The van der Waals surface area contributed by atoms with Crippen molar-refractivity contribution in [1.82, 2.24) is 5.43 Å². The molecule has 1 aromatic carbocycles. The van der Waals surface area contributed by atoms with Crippen LogP contribution in [0.4, 0.5) is 0 Å². The SMILES string of the molecule is OCCN/N=C\c1cc(Cl)cc(Cl)c1O. The lowest BCUT2D eigenvalue weighted by molar-refractivity contribution is 0.294. The minimum absolute atomic E-state index is 0.0143. The molecule has 3 N–H and O–H groups in total. The molecule has 0 bridgehead atoms. The summed E-state index contributed by atoms with van der Waals surface area (Å²) >= 11 is 11.4. The number of aromatic hydroxyl groups is 1. The molecule has 0 aliphatic rings. The third kappa shape index (κ3) is 3.58. The highest BCUT2D eigenvalue weighted by molar-refractivity contribution is 6.36. The Morgan fingerprint density at radius 3 is 2.80 bits per heavy atom. The van der Waals surface area contributed by atoms with E-state index in [1.807, 2.05) is 0 Å². The van der Waals surface area contributed by atoms with E-state index in [-0.39, 0.29) is 17.4 Å². The first-order valence-corrected chi connectivity index (χ1v) is 4.95. The average molecular weight is 249 g/mol. The summed E-state index contributed by atoms with van der Waals surface area (Å²) in [6.07, 6.45) is 1.38. The number of rotatable bonds is 4. The van der Waals surface area contributed by atoms with Gasteiger partial charge in [0.15, 0.2) is 0 Å². The molecule has 0 saturated carbocycles. The van der Waals surface area contributed by atoms with E-state index >= 15 is 0 Å². The zero-order valence-electron chi connectivity index (χ0n) is 7.74. The summed E-state index contributed by atoms with van der Waals surface area (Å²) in [5.41, 5.74) is 2.99. The fraction of sp³-hybridized carbons (Fsp3) is 0.222. The van der Waals surface area contributed by atoms with Crippen molar-refractivity contribution < 1.29 is 10.2 Å². The summed E-state index contributed by atoms with van der Waals surface area (Å²) in [7, 11) is 0. The van der Waals surface area contributed by atoms with Crippen molar-refractivity contribution in [3.8, 4) is 5.75 Å². The molecule has 0 aromatic heterocycles. The smallest absolute Gasteiger partial charge is 0.143 e. The van der Waals surface area contributed by atoms with Crippen molar-refractivity contribution in [1.29, 1.82) is 0 Å². The van der Waals surface area contributed by atoms with Gasteiger partial charge in [-0.15, -0.1) is 0 Å². The van der Waals surface area contributed by atoms with Crippen LogP contribution in [-0.2, 0) is 0 Å². The Hall–Kier alpha value is -0.970. The van der Waals surface area contributed by atoms with Gasteiger partial charge < -0.3 is 15.6 Å². The minimum Gasteiger partial charge on any atom is -0.506 e. The van der Waals surface area contributed by atoms with Crippen molar-refractivity contribution >= 4 is 29.4 Å². The van der Waals surface area contributed by atoms with Gasteiger partial charge in [-0.25, -0.2) is 0 Å². The minimum atomic E-state index is -0.0735. The Bertz CT molecular complexity index is 369. The quantitative estimate of drug-likeness (QED) is 0.431. The summed E-state index contributed by atoms with van der Waals surface area (Å²) < 4.78 is 0. The fourth-order valence-electron chi connectivity index (χ4n) is 0.914. The summed E-state index contributed by atoms with van der Waals surface area (Å²) in [6, 6.07) is 2.98. The van der Waals surface area contributed by atoms with Gasteiger partial charge in [0.05, 0.1) is 24.4 Å². The predicted octanol–water partition coefficient (Wildman–Crippen LogP) is 1.61. The van der Waals surface area contributed by atoms with E-state index in [0.717, 1.165) is 0 Å². The molecule has 0 aliphatic heterocycles. The lowest BCUT2D eigenvalue weighted by Crippen LogP contribution is -2.11. The van der Waals surface area contributed by atoms with Crippen LogP contribution in [0.15, 0.2) is 17.2 Å². The van der Waals surface area contributed by atoms with Crippen LogP contribution >= 0.6 is 23.2 Å². The summed E-state index contributed by atoms with van der Waals surface area (Å²) in [6.45, 7) is 0.325. The Labute approximate surface area is 97.1 Å². The van der Waals surface area contributed by atoms with Gasteiger partial charge in [0.1, 0.15) is 5.75 Å². The van der Waals surface area contributed by atoms with E-state index in [0.29, 0.717) is 17.1 Å². The molecule has 0 heterocycles. The number of hydrogen-bond acceptors (Lipinski definition) is 4. The Morgan fingerprint density at radius 2 is 2.13 bits per heavy atom. The van der Waals surface area contributed by atoms with Gasteiger partial charge in [0.2, 0.25) is 0 Å². The van der Waals surface area contributed by atoms with Crippen LogP contribution in [0, 0.1) is 0 Å². The zero-order valence-corrected chi connectivity index (χ0v) is 9.26. The number of nitrogens with zero attached hydrogens (tertiary/aromatic N) is 1. The molecule has 0 amide bonds. The second-order valence-electron chi connectivity index (χ2n) is 2.72. The monoisotopic (exact) mass is 248 g/mol. The first-order chi connectivity index (χ1) is 7.15. The number of phenols is 1. The second kappa shape index (κ2) is 5.80. The molecule has 1 aromatic rings. The van der Waals surface area contributed by atoms with Crippen LogP contribution in [0.2, 0.25) is 10.0 Å². The van der Waals surface area contributed by atoms with E-state index in [1.165, 1.54) is 18.3 Å². The molecular weight excluding hydrogens is 239 g/mol. The maximum absolute atomic E-state index is 9.52. The molecule has 4 nitrogen and oxygen atoms in total. The van der Waals surface area contributed by atoms with Gasteiger partial charge in [0, 0.05) is 10.6 Å². The number of hydrazone groups is 1. The third-order valence-corrected chi connectivity index (χ3v) is 2.08. The van der Waals surface area contributed by atoms with Crippen molar-refractivity contribution in [2.24, 2.45) is 5.10 Å². The molecule has 0 atom stereocenters. The molecule has 0 unspecified atom stereocenters. The zero-order chi connectivity index (χ0) is 11.3. The number of aliphatic hydroxyl groups is 1. The van der Waals surface area contributed by atoms with Crippen LogP contribution < -0.4 is 5.43 Å².